The second-order valence-electron chi connectivity index (χ2n) is 2.06. The fourth-order valence-corrected chi connectivity index (χ4v) is 0.767. The highest BCUT2D eigenvalue weighted by molar-refractivity contribution is 5.17. The lowest BCUT2D eigenvalue weighted by Gasteiger charge is -2.02. The molecule has 0 spiro atoms. The number of benzene rings is 1. The molecular formula is C8H9FO. The Kier molecular flexibility index (Phi) is 2.40. The van der Waals surface area contributed by atoms with Crippen molar-refractivity contribution in [3.63, 3.8) is 0 Å². The maximum absolute atomic E-state index is 12.6. The van der Waals surface area contributed by atoms with Crippen LogP contribution in [0.15, 0.2) is 30.3 Å². The van der Waals surface area contributed by atoms with Crippen LogP contribution in [-0.2, 0) is 0 Å². The van der Waals surface area contributed by atoms with Crippen molar-refractivity contribution < 1.29 is 9.50 Å². The number of aliphatic hydroxyl groups is 1. The molecule has 0 bridgehead atoms. The molecule has 1 nitrogen and oxygen atoms in total. The molecule has 0 aliphatic heterocycles. The topological polar surface area (TPSA) is 20.2 Å². The summed E-state index contributed by atoms with van der Waals surface area (Å²) in [7, 11) is 0. The minimum Gasteiger partial charge on any atom is -0.393 e. The third kappa shape index (κ3) is 1.54. The summed E-state index contributed by atoms with van der Waals surface area (Å²) in [6.07, 6.45) is -1.24. The van der Waals surface area contributed by atoms with Crippen LogP contribution in [0, 0.1) is 0 Å². The number of halogens is 1. The smallest absolute Gasteiger partial charge is 0.148 e. The van der Waals surface area contributed by atoms with E-state index in [0.717, 1.165) is 0 Å². The standard InChI is InChI=1S/C8H9FO/c9-8(6-10)7-4-2-1-3-5-7/h1-5,8,10H,6H2. The van der Waals surface area contributed by atoms with E-state index in [4.69, 9.17) is 5.11 Å². The van der Waals surface area contributed by atoms with Gasteiger partial charge in [-0.1, -0.05) is 30.3 Å². The first kappa shape index (κ1) is 7.22. The van der Waals surface area contributed by atoms with Gasteiger partial charge in [0, 0.05) is 0 Å². The maximum Gasteiger partial charge on any atom is 0.148 e. The van der Waals surface area contributed by atoms with Crippen molar-refractivity contribution in [1.82, 2.24) is 0 Å². The Morgan fingerprint density at radius 1 is 1.30 bits per heavy atom. The summed E-state index contributed by atoms with van der Waals surface area (Å²) in [4.78, 5) is 0. The molecule has 0 saturated carbocycles. The first-order valence-corrected chi connectivity index (χ1v) is 3.14. The van der Waals surface area contributed by atoms with Gasteiger partial charge >= 0.3 is 0 Å². The van der Waals surface area contributed by atoms with Gasteiger partial charge in [0.2, 0.25) is 0 Å². The SMILES string of the molecule is OCC(F)c1ccccc1. The summed E-state index contributed by atoms with van der Waals surface area (Å²) >= 11 is 0. The lowest BCUT2D eigenvalue weighted by Crippen LogP contribution is -1.95. The third-order valence-corrected chi connectivity index (χ3v) is 1.32. The number of alkyl halides is 1. The highest BCUT2D eigenvalue weighted by Gasteiger charge is 2.04. The Morgan fingerprint density at radius 2 is 1.90 bits per heavy atom. The van der Waals surface area contributed by atoms with Crippen LogP contribution in [0.25, 0.3) is 0 Å². The van der Waals surface area contributed by atoms with E-state index in [1.54, 1.807) is 24.3 Å². The zero-order chi connectivity index (χ0) is 7.40. The van der Waals surface area contributed by atoms with Gasteiger partial charge in [-0.05, 0) is 5.56 Å². The molecule has 1 rings (SSSR count). The lowest BCUT2D eigenvalue weighted by molar-refractivity contribution is 0.180. The number of hydrogen-bond donors (Lipinski definition) is 1. The molecule has 0 amide bonds. The number of aliphatic hydroxyl groups excluding tert-OH is 1. The predicted octanol–water partition coefficient (Wildman–Crippen LogP) is 1.69. The van der Waals surface area contributed by atoms with Gasteiger partial charge in [0.05, 0.1) is 6.61 Å². The average molecular weight is 140 g/mol. The number of hydrogen-bond acceptors (Lipinski definition) is 1. The van der Waals surface area contributed by atoms with E-state index >= 15 is 0 Å². The summed E-state index contributed by atoms with van der Waals surface area (Å²) in [6.45, 7) is -0.440. The van der Waals surface area contributed by atoms with Gasteiger partial charge in [0.15, 0.2) is 0 Å². The van der Waals surface area contributed by atoms with E-state index in [0.29, 0.717) is 5.56 Å². The summed E-state index contributed by atoms with van der Waals surface area (Å²) in [5.41, 5.74) is 0.532. The molecule has 1 unspecified atom stereocenters. The van der Waals surface area contributed by atoms with Gasteiger partial charge in [-0.15, -0.1) is 0 Å². The lowest BCUT2D eigenvalue weighted by atomic mass is 10.1. The Bertz CT molecular complexity index is 186. The van der Waals surface area contributed by atoms with Crippen LogP contribution in [0.2, 0.25) is 0 Å². The largest absolute Gasteiger partial charge is 0.393 e. The molecule has 0 fully saturated rings. The van der Waals surface area contributed by atoms with Crippen molar-refractivity contribution in [3.8, 4) is 0 Å². The molecule has 1 atom stereocenters. The van der Waals surface area contributed by atoms with E-state index in [1.807, 2.05) is 6.07 Å². The molecule has 0 radical (unpaired) electrons. The molecule has 1 aromatic carbocycles. The molecule has 2 heteroatoms. The van der Waals surface area contributed by atoms with Crippen LogP contribution in [-0.4, -0.2) is 11.7 Å². The Labute approximate surface area is 59.1 Å². The first-order valence-electron chi connectivity index (χ1n) is 3.14. The van der Waals surface area contributed by atoms with Crippen LogP contribution in [0.3, 0.4) is 0 Å². The molecule has 1 N–H and O–H groups in total. The monoisotopic (exact) mass is 140 g/mol. The summed E-state index contributed by atoms with van der Waals surface area (Å²) in [6, 6.07) is 8.62. The first-order chi connectivity index (χ1) is 4.84. The van der Waals surface area contributed by atoms with Crippen molar-refractivity contribution in [2.45, 2.75) is 6.17 Å². The second kappa shape index (κ2) is 3.32. The third-order valence-electron chi connectivity index (χ3n) is 1.32. The molecular weight excluding hydrogens is 131 g/mol. The zero-order valence-electron chi connectivity index (χ0n) is 5.50. The minimum atomic E-state index is -1.24. The quantitative estimate of drug-likeness (QED) is 0.662. The zero-order valence-corrected chi connectivity index (χ0v) is 5.50. The minimum absolute atomic E-state index is 0.440. The van der Waals surface area contributed by atoms with E-state index in [-0.39, 0.29) is 0 Å². The predicted molar refractivity (Wildman–Crippen MR) is 37.4 cm³/mol. The molecule has 0 aromatic heterocycles. The Hall–Kier alpha value is -0.890. The van der Waals surface area contributed by atoms with Crippen LogP contribution < -0.4 is 0 Å². The fourth-order valence-electron chi connectivity index (χ4n) is 0.767. The van der Waals surface area contributed by atoms with Gasteiger partial charge in [-0.2, -0.15) is 0 Å². The average Bonchev–Trinajstić information content (AvgIpc) is 2.05. The van der Waals surface area contributed by atoms with E-state index < -0.39 is 12.8 Å². The number of rotatable bonds is 2. The highest BCUT2D eigenvalue weighted by atomic mass is 19.1. The van der Waals surface area contributed by atoms with Crippen LogP contribution >= 0.6 is 0 Å². The Balaban J connectivity index is 2.75. The van der Waals surface area contributed by atoms with Crippen molar-refractivity contribution in [2.75, 3.05) is 6.61 Å². The van der Waals surface area contributed by atoms with Crippen LogP contribution in [0.5, 0.6) is 0 Å². The molecule has 54 valence electrons. The van der Waals surface area contributed by atoms with Gasteiger partial charge < -0.3 is 5.11 Å². The summed E-state index contributed by atoms with van der Waals surface area (Å²) in [5.74, 6) is 0. The fraction of sp³-hybridized carbons (Fsp3) is 0.250. The maximum atomic E-state index is 12.6. The van der Waals surface area contributed by atoms with Crippen molar-refractivity contribution in [2.24, 2.45) is 0 Å². The van der Waals surface area contributed by atoms with Crippen molar-refractivity contribution >= 4 is 0 Å². The Morgan fingerprint density at radius 3 is 2.40 bits per heavy atom. The van der Waals surface area contributed by atoms with E-state index in [1.165, 1.54) is 0 Å². The van der Waals surface area contributed by atoms with E-state index in [9.17, 15) is 4.39 Å². The van der Waals surface area contributed by atoms with E-state index in [2.05, 4.69) is 0 Å². The van der Waals surface area contributed by atoms with Crippen molar-refractivity contribution in [3.05, 3.63) is 35.9 Å². The van der Waals surface area contributed by atoms with Crippen LogP contribution in [0.4, 0.5) is 4.39 Å². The second-order valence-corrected chi connectivity index (χ2v) is 2.06. The summed E-state index contributed by atoms with van der Waals surface area (Å²) < 4.78 is 12.6. The van der Waals surface area contributed by atoms with Crippen molar-refractivity contribution in [1.29, 1.82) is 0 Å². The molecule has 1 aromatic rings. The molecule has 10 heavy (non-hydrogen) atoms. The van der Waals surface area contributed by atoms with Gasteiger partial charge in [-0.25, -0.2) is 4.39 Å². The normalized spacial score (nSPS) is 13.0. The molecule has 0 aliphatic carbocycles. The molecule has 0 aliphatic rings. The van der Waals surface area contributed by atoms with Gasteiger partial charge in [-0.3, -0.25) is 0 Å². The van der Waals surface area contributed by atoms with Gasteiger partial charge in [0.25, 0.3) is 0 Å². The molecule has 0 heterocycles. The van der Waals surface area contributed by atoms with Gasteiger partial charge in [0.1, 0.15) is 6.17 Å². The van der Waals surface area contributed by atoms with Crippen LogP contribution in [0.1, 0.15) is 11.7 Å². The summed E-state index contributed by atoms with van der Waals surface area (Å²) in [5, 5.41) is 8.41. The highest BCUT2D eigenvalue weighted by Crippen LogP contribution is 2.14. The molecule has 0 saturated heterocycles.